The van der Waals surface area contributed by atoms with E-state index in [1.807, 2.05) is 0 Å². The van der Waals surface area contributed by atoms with Crippen molar-refractivity contribution in [1.82, 2.24) is 0 Å². The van der Waals surface area contributed by atoms with Crippen LogP contribution in [0.15, 0.2) is 0 Å². The van der Waals surface area contributed by atoms with Crippen LogP contribution in [0.5, 0.6) is 0 Å². The molecule has 0 aromatic rings. The Morgan fingerprint density at radius 3 is 2.32 bits per heavy atom. The molecule has 3 rings (SSSR count). The van der Waals surface area contributed by atoms with Crippen molar-refractivity contribution in [2.45, 2.75) is 61.4 Å². The predicted molar refractivity (Wildman–Crippen MR) is 78.6 cm³/mol. The van der Waals surface area contributed by atoms with Gasteiger partial charge in [0.2, 0.25) is 10.4 Å². The first kappa shape index (κ1) is 25.4. The van der Waals surface area contributed by atoms with Gasteiger partial charge in [0.05, 0.1) is 13.2 Å². The zero-order valence-electron chi connectivity index (χ0n) is 15.1. The molecule has 3 fully saturated rings. The van der Waals surface area contributed by atoms with Crippen molar-refractivity contribution in [1.29, 1.82) is 0 Å². The number of ether oxygens (including phenoxy) is 5. The molecule has 3 heterocycles. The van der Waals surface area contributed by atoms with Gasteiger partial charge in [-0.1, -0.05) is 0 Å². The molecule has 2 bridgehead atoms. The molecule has 0 aliphatic carbocycles. The molecule has 0 spiro atoms. The summed E-state index contributed by atoms with van der Waals surface area (Å²) in [4.78, 5) is 0. The van der Waals surface area contributed by atoms with Crippen LogP contribution in [0.2, 0.25) is 0 Å². The first-order valence-corrected chi connectivity index (χ1v) is 9.39. The molecular weight excluding hydrogens is 435 g/mol. The second-order valence-electron chi connectivity index (χ2n) is 6.34. The van der Waals surface area contributed by atoms with Gasteiger partial charge >= 0.3 is 51.4 Å². The van der Waals surface area contributed by atoms with Crippen LogP contribution in [0.1, 0.15) is 0 Å². The van der Waals surface area contributed by atoms with Crippen molar-refractivity contribution >= 4 is 10.4 Å². The molecule has 0 aromatic carbocycles. The van der Waals surface area contributed by atoms with Gasteiger partial charge in [-0.2, -0.15) is 0 Å². The van der Waals surface area contributed by atoms with Crippen LogP contribution >= 0.6 is 0 Å². The molecule has 10 unspecified atom stereocenters. The quantitative estimate of drug-likeness (QED) is 0.167. The van der Waals surface area contributed by atoms with Crippen LogP contribution in [-0.4, -0.2) is 115 Å². The molecule has 13 nitrogen and oxygen atoms in total. The van der Waals surface area contributed by atoms with Crippen LogP contribution < -0.4 is 51.4 Å². The van der Waals surface area contributed by atoms with Crippen molar-refractivity contribution in [3.63, 3.8) is 0 Å². The van der Waals surface area contributed by atoms with E-state index in [9.17, 15) is 33.4 Å². The van der Waals surface area contributed by atoms with E-state index in [0.717, 1.165) is 0 Å². The Bertz CT molecular complexity index is 618. The number of rotatable bonds is 6. The largest absolute Gasteiger partial charge is 1.00 e. The SMILES string of the molecule is COC1OC2COC(C1O)C2OC1OC(CO)C(OS(=O)(=O)[O-])C(O)C1O.[K+]. The number of methoxy groups -OCH3 is 1. The molecular formula is C13H21KO13S. The second-order valence-corrected chi connectivity index (χ2v) is 7.35. The molecule has 0 amide bonds. The third-order valence-corrected chi connectivity index (χ3v) is 5.10. The summed E-state index contributed by atoms with van der Waals surface area (Å²) in [6, 6.07) is 0. The van der Waals surface area contributed by atoms with E-state index in [0.29, 0.717) is 0 Å². The Kier molecular flexibility index (Phi) is 9.23. The molecule has 15 heteroatoms. The van der Waals surface area contributed by atoms with Crippen molar-refractivity contribution in [2.75, 3.05) is 20.3 Å². The normalized spacial score (nSPS) is 46.2. The van der Waals surface area contributed by atoms with Gasteiger partial charge in [0.15, 0.2) is 12.6 Å². The molecule has 4 N–H and O–H groups in total. The summed E-state index contributed by atoms with van der Waals surface area (Å²) >= 11 is 0. The van der Waals surface area contributed by atoms with Crippen LogP contribution in [-0.2, 0) is 38.3 Å². The van der Waals surface area contributed by atoms with Crippen molar-refractivity contribution in [2.24, 2.45) is 0 Å². The topological polar surface area (TPSA) is 194 Å². The average Bonchev–Trinajstić information content (AvgIpc) is 2.91. The monoisotopic (exact) mass is 456 g/mol. The molecule has 10 atom stereocenters. The third kappa shape index (κ3) is 5.30. The van der Waals surface area contributed by atoms with Crippen LogP contribution in [0.25, 0.3) is 0 Å². The van der Waals surface area contributed by atoms with Gasteiger partial charge in [0, 0.05) is 7.11 Å². The fraction of sp³-hybridized carbons (Fsp3) is 1.00. The van der Waals surface area contributed by atoms with Crippen LogP contribution in [0, 0.1) is 0 Å². The minimum Gasteiger partial charge on any atom is -0.726 e. The molecule has 3 aliphatic heterocycles. The Labute approximate surface area is 203 Å². The summed E-state index contributed by atoms with van der Waals surface area (Å²) < 4.78 is 63.2. The molecule has 0 aromatic heterocycles. The van der Waals surface area contributed by atoms with Crippen LogP contribution in [0.4, 0.5) is 0 Å². The number of hydrogen-bond donors (Lipinski definition) is 4. The first-order valence-electron chi connectivity index (χ1n) is 8.06. The van der Waals surface area contributed by atoms with E-state index < -0.39 is 78.4 Å². The molecule has 0 radical (unpaired) electrons. The summed E-state index contributed by atoms with van der Waals surface area (Å²) in [5.41, 5.74) is 0. The Morgan fingerprint density at radius 1 is 1.07 bits per heavy atom. The van der Waals surface area contributed by atoms with Gasteiger partial charge in [0.1, 0.15) is 48.8 Å². The van der Waals surface area contributed by atoms with Gasteiger partial charge in [-0.3, -0.25) is 4.18 Å². The summed E-state index contributed by atoms with van der Waals surface area (Å²) in [5.74, 6) is 0. The number of fused-ring (bicyclic) bond motifs is 2. The van der Waals surface area contributed by atoms with Gasteiger partial charge in [-0.25, -0.2) is 8.42 Å². The van der Waals surface area contributed by atoms with Crippen molar-refractivity contribution < 1.29 is 113 Å². The van der Waals surface area contributed by atoms with Gasteiger partial charge in [-0.15, -0.1) is 0 Å². The third-order valence-electron chi connectivity index (χ3n) is 4.64. The molecule has 28 heavy (non-hydrogen) atoms. The molecule has 0 saturated carbocycles. The van der Waals surface area contributed by atoms with E-state index in [1.165, 1.54) is 7.11 Å². The van der Waals surface area contributed by atoms with Crippen molar-refractivity contribution in [3.05, 3.63) is 0 Å². The Balaban J connectivity index is 0.00000280. The zero-order chi connectivity index (χ0) is 19.9. The van der Waals surface area contributed by atoms with E-state index in [2.05, 4.69) is 4.18 Å². The zero-order valence-corrected chi connectivity index (χ0v) is 19.0. The smallest absolute Gasteiger partial charge is 0.726 e. The average molecular weight is 456 g/mol. The fourth-order valence-electron chi connectivity index (χ4n) is 3.36. The summed E-state index contributed by atoms with van der Waals surface area (Å²) in [5, 5.41) is 39.8. The van der Waals surface area contributed by atoms with E-state index in [1.54, 1.807) is 0 Å². The number of aliphatic hydroxyl groups is 4. The minimum atomic E-state index is -5.23. The maximum Gasteiger partial charge on any atom is 1.00 e. The first-order chi connectivity index (χ1) is 12.7. The van der Waals surface area contributed by atoms with E-state index >= 15 is 0 Å². The summed E-state index contributed by atoms with van der Waals surface area (Å²) in [6.07, 6.45) is -13.2. The Morgan fingerprint density at radius 2 is 1.75 bits per heavy atom. The minimum absolute atomic E-state index is 0. The predicted octanol–water partition coefficient (Wildman–Crippen LogP) is -7.21. The van der Waals surface area contributed by atoms with Crippen molar-refractivity contribution in [3.8, 4) is 0 Å². The van der Waals surface area contributed by atoms with Gasteiger partial charge in [0.25, 0.3) is 0 Å². The fourth-order valence-corrected chi connectivity index (χ4v) is 3.87. The number of hydrogen-bond acceptors (Lipinski definition) is 13. The maximum absolute atomic E-state index is 10.8. The summed E-state index contributed by atoms with van der Waals surface area (Å²) in [6.45, 7) is -0.760. The van der Waals surface area contributed by atoms with Gasteiger partial charge in [-0.05, 0) is 0 Å². The summed E-state index contributed by atoms with van der Waals surface area (Å²) in [7, 11) is -3.89. The van der Waals surface area contributed by atoms with Gasteiger partial charge < -0.3 is 48.7 Å². The molecule has 3 aliphatic rings. The van der Waals surface area contributed by atoms with E-state index in [4.69, 9.17) is 23.7 Å². The molecule has 158 valence electrons. The molecule has 3 saturated heterocycles. The van der Waals surface area contributed by atoms with E-state index in [-0.39, 0.29) is 58.0 Å². The number of aliphatic hydroxyl groups excluding tert-OH is 4. The maximum atomic E-state index is 10.8. The Hall–Kier alpha value is 1.15. The second kappa shape index (κ2) is 10.2. The standard InChI is InChI=1S/C13H22O13S.K/c1-21-12-8(17)11-10(5(24-12)3-22-11)25-13-7(16)6(15)9(4(2-14)23-13)26-27(18,19)20;/h4-17H,2-3H2,1H3,(H,18,19,20);/q;+1/p-1. The van der Waals surface area contributed by atoms with Crippen LogP contribution in [0.3, 0.4) is 0 Å².